The number of benzene rings is 2. The third-order valence-electron chi connectivity index (χ3n) is 3.38. The van der Waals surface area contributed by atoms with Gasteiger partial charge < -0.3 is 4.90 Å². The molecule has 20 heavy (non-hydrogen) atoms. The van der Waals surface area contributed by atoms with Crippen LogP contribution in [-0.2, 0) is 0 Å². The third kappa shape index (κ3) is 2.40. The standard InChI is InChI=1S/C16H16N4/c1-20(14-10-6-3-7-11-14)16(15-12-17-19-18-15)13-8-4-2-5-9-13/h2-12,16H,1H3,(H,17,18,19). The van der Waals surface area contributed by atoms with Crippen LogP contribution < -0.4 is 4.90 Å². The van der Waals surface area contributed by atoms with Crippen LogP contribution in [0.5, 0.6) is 0 Å². The molecule has 4 nitrogen and oxygen atoms in total. The highest BCUT2D eigenvalue weighted by atomic mass is 15.3. The Balaban J connectivity index is 2.03. The van der Waals surface area contributed by atoms with E-state index in [1.165, 1.54) is 5.56 Å². The molecule has 1 aromatic heterocycles. The smallest absolute Gasteiger partial charge is 0.109 e. The minimum Gasteiger partial charge on any atom is -0.362 e. The molecule has 4 heteroatoms. The highest BCUT2D eigenvalue weighted by Gasteiger charge is 2.21. The van der Waals surface area contributed by atoms with E-state index in [1.807, 2.05) is 36.4 Å². The Morgan fingerprint density at radius 1 is 0.950 bits per heavy atom. The van der Waals surface area contributed by atoms with Crippen LogP contribution in [0, 0.1) is 0 Å². The first-order valence-electron chi connectivity index (χ1n) is 6.55. The number of para-hydroxylation sites is 1. The highest BCUT2D eigenvalue weighted by molar-refractivity contribution is 5.50. The summed E-state index contributed by atoms with van der Waals surface area (Å²) in [6, 6.07) is 20.6. The van der Waals surface area contributed by atoms with Crippen molar-refractivity contribution >= 4 is 5.69 Å². The van der Waals surface area contributed by atoms with Gasteiger partial charge in [0.25, 0.3) is 0 Å². The van der Waals surface area contributed by atoms with Crippen LogP contribution >= 0.6 is 0 Å². The average Bonchev–Trinajstić information content (AvgIpc) is 3.03. The largest absolute Gasteiger partial charge is 0.362 e. The van der Waals surface area contributed by atoms with E-state index >= 15 is 0 Å². The van der Waals surface area contributed by atoms with Gasteiger partial charge in [-0.05, 0) is 17.7 Å². The van der Waals surface area contributed by atoms with Gasteiger partial charge in [0.15, 0.2) is 0 Å². The molecule has 0 spiro atoms. The summed E-state index contributed by atoms with van der Waals surface area (Å²) in [6.45, 7) is 0. The summed E-state index contributed by atoms with van der Waals surface area (Å²) in [5.74, 6) is 0. The fourth-order valence-electron chi connectivity index (χ4n) is 2.38. The molecule has 1 heterocycles. The molecule has 0 radical (unpaired) electrons. The van der Waals surface area contributed by atoms with Gasteiger partial charge in [-0.15, -0.1) is 0 Å². The second-order valence-electron chi connectivity index (χ2n) is 4.65. The van der Waals surface area contributed by atoms with E-state index in [-0.39, 0.29) is 6.04 Å². The van der Waals surface area contributed by atoms with Gasteiger partial charge in [-0.2, -0.15) is 15.4 Å². The van der Waals surface area contributed by atoms with E-state index in [1.54, 1.807) is 6.20 Å². The molecule has 2 aromatic carbocycles. The molecule has 1 unspecified atom stereocenters. The quantitative estimate of drug-likeness (QED) is 0.787. The molecule has 0 amide bonds. The monoisotopic (exact) mass is 264 g/mol. The van der Waals surface area contributed by atoms with Gasteiger partial charge in [0, 0.05) is 12.7 Å². The number of aromatic nitrogens is 3. The maximum absolute atomic E-state index is 4.26. The Morgan fingerprint density at radius 3 is 2.20 bits per heavy atom. The van der Waals surface area contributed by atoms with Crippen molar-refractivity contribution < 1.29 is 0 Å². The second kappa shape index (κ2) is 5.57. The molecule has 3 aromatic rings. The van der Waals surface area contributed by atoms with Crippen LogP contribution in [0.25, 0.3) is 0 Å². The first-order valence-corrected chi connectivity index (χ1v) is 6.55. The van der Waals surface area contributed by atoms with E-state index in [9.17, 15) is 0 Å². The third-order valence-corrected chi connectivity index (χ3v) is 3.38. The van der Waals surface area contributed by atoms with Gasteiger partial charge in [-0.25, -0.2) is 0 Å². The molecular weight excluding hydrogens is 248 g/mol. The molecule has 1 atom stereocenters. The number of anilines is 1. The molecule has 0 saturated carbocycles. The van der Waals surface area contributed by atoms with E-state index in [0.717, 1.165) is 11.4 Å². The number of nitrogens with one attached hydrogen (secondary N) is 1. The van der Waals surface area contributed by atoms with Gasteiger partial charge >= 0.3 is 0 Å². The summed E-state index contributed by atoms with van der Waals surface area (Å²) < 4.78 is 0. The summed E-state index contributed by atoms with van der Waals surface area (Å²) in [4.78, 5) is 2.20. The highest BCUT2D eigenvalue weighted by Crippen LogP contribution is 2.29. The maximum Gasteiger partial charge on any atom is 0.109 e. The SMILES string of the molecule is CN(c1ccccc1)C(c1ccccc1)c1cn[nH]n1. The lowest BCUT2D eigenvalue weighted by atomic mass is 10.0. The van der Waals surface area contributed by atoms with Crippen molar-refractivity contribution in [2.24, 2.45) is 0 Å². The molecule has 100 valence electrons. The van der Waals surface area contributed by atoms with Crippen molar-refractivity contribution in [2.45, 2.75) is 6.04 Å². The predicted octanol–water partition coefficient (Wildman–Crippen LogP) is 3.03. The minimum atomic E-state index is 0.0392. The van der Waals surface area contributed by atoms with Gasteiger partial charge in [0.05, 0.1) is 12.2 Å². The lowest BCUT2D eigenvalue weighted by Crippen LogP contribution is -2.25. The van der Waals surface area contributed by atoms with Crippen LogP contribution in [0.4, 0.5) is 5.69 Å². The molecule has 3 rings (SSSR count). The topological polar surface area (TPSA) is 44.8 Å². The van der Waals surface area contributed by atoms with Crippen LogP contribution in [0.1, 0.15) is 17.3 Å². The minimum absolute atomic E-state index is 0.0392. The predicted molar refractivity (Wildman–Crippen MR) is 79.5 cm³/mol. The lowest BCUT2D eigenvalue weighted by Gasteiger charge is -2.29. The summed E-state index contributed by atoms with van der Waals surface area (Å²) in [5.41, 5.74) is 3.24. The molecule has 0 aliphatic carbocycles. The van der Waals surface area contributed by atoms with Gasteiger partial charge in [-0.1, -0.05) is 48.5 Å². The number of H-pyrrole nitrogens is 1. The fraction of sp³-hybridized carbons (Fsp3) is 0.125. The first-order chi connectivity index (χ1) is 9.86. The van der Waals surface area contributed by atoms with Crippen molar-refractivity contribution in [1.29, 1.82) is 0 Å². The zero-order valence-electron chi connectivity index (χ0n) is 11.3. The second-order valence-corrected chi connectivity index (χ2v) is 4.65. The van der Waals surface area contributed by atoms with Crippen LogP contribution in [0.15, 0.2) is 66.9 Å². The van der Waals surface area contributed by atoms with E-state index in [4.69, 9.17) is 0 Å². The fourth-order valence-corrected chi connectivity index (χ4v) is 2.38. The summed E-state index contributed by atoms with van der Waals surface area (Å²) in [6.07, 6.45) is 1.77. The van der Waals surface area contributed by atoms with Crippen LogP contribution in [-0.4, -0.2) is 22.5 Å². The number of aromatic amines is 1. The summed E-state index contributed by atoms with van der Waals surface area (Å²) in [7, 11) is 2.07. The number of nitrogens with zero attached hydrogens (tertiary/aromatic N) is 3. The molecule has 0 aliphatic rings. The first kappa shape index (κ1) is 12.4. The Kier molecular flexibility index (Phi) is 3.46. The Morgan fingerprint density at radius 2 is 1.60 bits per heavy atom. The molecular formula is C16H16N4. The summed E-state index contributed by atoms with van der Waals surface area (Å²) in [5, 5.41) is 10.9. The number of rotatable bonds is 4. The van der Waals surface area contributed by atoms with Crippen molar-refractivity contribution in [3.63, 3.8) is 0 Å². The Labute approximate surface area is 118 Å². The van der Waals surface area contributed by atoms with E-state index < -0.39 is 0 Å². The van der Waals surface area contributed by atoms with Crippen molar-refractivity contribution in [3.05, 3.63) is 78.1 Å². The van der Waals surface area contributed by atoms with Gasteiger partial charge in [0.1, 0.15) is 5.69 Å². The lowest BCUT2D eigenvalue weighted by molar-refractivity contribution is 0.747. The van der Waals surface area contributed by atoms with Crippen LogP contribution in [0.3, 0.4) is 0 Å². The number of hydrogen-bond donors (Lipinski definition) is 1. The zero-order chi connectivity index (χ0) is 13.8. The average molecular weight is 264 g/mol. The Bertz CT molecular complexity index is 635. The van der Waals surface area contributed by atoms with Gasteiger partial charge in [0.2, 0.25) is 0 Å². The normalized spacial score (nSPS) is 12.1. The van der Waals surface area contributed by atoms with Crippen molar-refractivity contribution in [1.82, 2.24) is 15.4 Å². The molecule has 0 saturated heterocycles. The molecule has 0 aliphatic heterocycles. The van der Waals surface area contributed by atoms with E-state index in [0.29, 0.717) is 0 Å². The molecule has 0 bridgehead atoms. The van der Waals surface area contributed by atoms with Crippen LogP contribution in [0.2, 0.25) is 0 Å². The van der Waals surface area contributed by atoms with Gasteiger partial charge in [-0.3, -0.25) is 0 Å². The Hall–Kier alpha value is -2.62. The maximum atomic E-state index is 4.26. The molecule has 1 N–H and O–H groups in total. The number of hydrogen-bond acceptors (Lipinski definition) is 3. The zero-order valence-corrected chi connectivity index (χ0v) is 11.3. The van der Waals surface area contributed by atoms with Crippen molar-refractivity contribution in [3.8, 4) is 0 Å². The van der Waals surface area contributed by atoms with E-state index in [2.05, 4.69) is 51.6 Å². The molecule has 0 fully saturated rings. The van der Waals surface area contributed by atoms with Crippen molar-refractivity contribution in [2.75, 3.05) is 11.9 Å². The summed E-state index contributed by atoms with van der Waals surface area (Å²) >= 11 is 0.